The second kappa shape index (κ2) is 4.51. The number of aryl methyl sites for hydroxylation is 1. The van der Waals surface area contributed by atoms with E-state index < -0.39 is 0 Å². The lowest BCUT2D eigenvalue weighted by atomic mass is 10.1. The highest BCUT2D eigenvalue weighted by Crippen LogP contribution is 2.36. The molecule has 2 N–H and O–H groups in total. The van der Waals surface area contributed by atoms with Crippen molar-refractivity contribution >= 4 is 11.6 Å². The average molecular weight is 234 g/mol. The third-order valence-corrected chi connectivity index (χ3v) is 3.77. The van der Waals surface area contributed by atoms with Gasteiger partial charge in [0, 0.05) is 25.1 Å². The standard InChI is InChI=1S/C13H22N4/c1-5-11-15-12(14)8(2)13(16-11)17(4)9(3)10-6-7-10/h9-10H,5-7H2,1-4H3,(H2,14,15,16). The van der Waals surface area contributed by atoms with Gasteiger partial charge in [0.2, 0.25) is 0 Å². The van der Waals surface area contributed by atoms with Crippen molar-refractivity contribution in [3.05, 3.63) is 11.4 Å². The monoisotopic (exact) mass is 234 g/mol. The molecule has 17 heavy (non-hydrogen) atoms. The smallest absolute Gasteiger partial charge is 0.137 e. The quantitative estimate of drug-likeness (QED) is 0.867. The van der Waals surface area contributed by atoms with Gasteiger partial charge in [-0.15, -0.1) is 0 Å². The van der Waals surface area contributed by atoms with E-state index in [4.69, 9.17) is 5.73 Å². The van der Waals surface area contributed by atoms with Gasteiger partial charge in [0.1, 0.15) is 17.5 Å². The predicted octanol–water partition coefficient (Wildman–Crippen LogP) is 2.16. The number of nitrogens with zero attached hydrogens (tertiary/aromatic N) is 3. The fourth-order valence-electron chi connectivity index (χ4n) is 2.16. The number of nitrogen functional groups attached to an aromatic ring is 1. The van der Waals surface area contributed by atoms with Crippen LogP contribution < -0.4 is 10.6 Å². The van der Waals surface area contributed by atoms with Crippen LogP contribution in [0.3, 0.4) is 0 Å². The molecule has 0 aliphatic heterocycles. The van der Waals surface area contributed by atoms with Crippen LogP contribution in [0.1, 0.15) is 38.1 Å². The fraction of sp³-hybridized carbons (Fsp3) is 0.692. The summed E-state index contributed by atoms with van der Waals surface area (Å²) in [6.45, 7) is 6.32. The van der Waals surface area contributed by atoms with E-state index in [0.29, 0.717) is 11.9 Å². The van der Waals surface area contributed by atoms with Crippen LogP contribution in [0.4, 0.5) is 11.6 Å². The van der Waals surface area contributed by atoms with Crippen LogP contribution in [0.2, 0.25) is 0 Å². The maximum absolute atomic E-state index is 5.95. The Labute approximate surface area is 103 Å². The molecule has 1 unspecified atom stereocenters. The van der Waals surface area contributed by atoms with Crippen molar-refractivity contribution in [2.24, 2.45) is 5.92 Å². The van der Waals surface area contributed by atoms with Gasteiger partial charge in [0.25, 0.3) is 0 Å². The Morgan fingerprint density at radius 3 is 2.59 bits per heavy atom. The van der Waals surface area contributed by atoms with E-state index in [1.165, 1.54) is 12.8 Å². The molecule has 1 aromatic heterocycles. The van der Waals surface area contributed by atoms with E-state index in [-0.39, 0.29) is 0 Å². The van der Waals surface area contributed by atoms with Crippen LogP contribution in [0.15, 0.2) is 0 Å². The lowest BCUT2D eigenvalue weighted by Crippen LogP contribution is -2.32. The van der Waals surface area contributed by atoms with Crippen LogP contribution in [0.25, 0.3) is 0 Å². The molecule has 0 saturated heterocycles. The van der Waals surface area contributed by atoms with Crippen LogP contribution in [-0.2, 0) is 6.42 Å². The summed E-state index contributed by atoms with van der Waals surface area (Å²) in [6, 6.07) is 0.535. The Kier molecular flexibility index (Phi) is 3.22. The van der Waals surface area contributed by atoms with E-state index in [9.17, 15) is 0 Å². The molecule has 0 amide bonds. The van der Waals surface area contributed by atoms with Crippen LogP contribution in [0.5, 0.6) is 0 Å². The Morgan fingerprint density at radius 1 is 1.41 bits per heavy atom. The fourth-order valence-corrected chi connectivity index (χ4v) is 2.16. The summed E-state index contributed by atoms with van der Waals surface area (Å²) in [6.07, 6.45) is 3.50. The van der Waals surface area contributed by atoms with Crippen molar-refractivity contribution in [2.45, 2.75) is 46.1 Å². The van der Waals surface area contributed by atoms with Gasteiger partial charge in [0.15, 0.2) is 0 Å². The van der Waals surface area contributed by atoms with Crippen LogP contribution in [-0.4, -0.2) is 23.1 Å². The topological polar surface area (TPSA) is 55.0 Å². The highest BCUT2D eigenvalue weighted by molar-refractivity contribution is 5.56. The number of hydrogen-bond donors (Lipinski definition) is 1. The van der Waals surface area contributed by atoms with Crippen LogP contribution >= 0.6 is 0 Å². The molecule has 0 aromatic carbocycles. The van der Waals surface area contributed by atoms with E-state index in [1.54, 1.807) is 0 Å². The first-order chi connectivity index (χ1) is 8.04. The molecular weight excluding hydrogens is 212 g/mol. The Hall–Kier alpha value is -1.32. The molecule has 0 bridgehead atoms. The third-order valence-electron chi connectivity index (χ3n) is 3.77. The third kappa shape index (κ3) is 2.35. The van der Waals surface area contributed by atoms with Gasteiger partial charge in [-0.1, -0.05) is 6.92 Å². The summed E-state index contributed by atoms with van der Waals surface area (Å²) in [7, 11) is 2.11. The normalized spacial score (nSPS) is 16.9. The Bertz CT molecular complexity index is 412. The molecule has 0 spiro atoms. The Balaban J connectivity index is 2.32. The zero-order valence-electron chi connectivity index (χ0n) is 11.2. The number of anilines is 2. The highest BCUT2D eigenvalue weighted by atomic mass is 15.2. The molecule has 94 valence electrons. The molecule has 1 fully saturated rings. The predicted molar refractivity (Wildman–Crippen MR) is 71.1 cm³/mol. The summed E-state index contributed by atoms with van der Waals surface area (Å²) in [5.74, 6) is 3.26. The van der Waals surface area contributed by atoms with E-state index in [0.717, 1.165) is 29.5 Å². The number of rotatable bonds is 4. The van der Waals surface area contributed by atoms with Crippen molar-refractivity contribution in [1.29, 1.82) is 0 Å². The molecule has 1 heterocycles. The van der Waals surface area contributed by atoms with Crippen molar-refractivity contribution in [2.75, 3.05) is 17.7 Å². The second-order valence-corrected chi connectivity index (χ2v) is 5.02. The first-order valence-electron chi connectivity index (χ1n) is 6.40. The van der Waals surface area contributed by atoms with E-state index in [2.05, 4.69) is 35.8 Å². The molecule has 1 aliphatic carbocycles. The first kappa shape index (κ1) is 12.1. The highest BCUT2D eigenvalue weighted by Gasteiger charge is 2.31. The molecule has 4 nitrogen and oxygen atoms in total. The first-order valence-corrected chi connectivity index (χ1v) is 6.40. The summed E-state index contributed by atoms with van der Waals surface area (Å²) in [4.78, 5) is 11.2. The maximum Gasteiger partial charge on any atom is 0.137 e. The summed E-state index contributed by atoms with van der Waals surface area (Å²) in [5.41, 5.74) is 6.95. The number of aromatic nitrogens is 2. The van der Waals surface area contributed by atoms with Crippen molar-refractivity contribution in [3.63, 3.8) is 0 Å². The van der Waals surface area contributed by atoms with E-state index >= 15 is 0 Å². The zero-order chi connectivity index (χ0) is 12.6. The lowest BCUT2D eigenvalue weighted by Gasteiger charge is -2.28. The van der Waals surface area contributed by atoms with Gasteiger partial charge in [0.05, 0.1) is 0 Å². The minimum Gasteiger partial charge on any atom is -0.383 e. The van der Waals surface area contributed by atoms with Gasteiger partial charge >= 0.3 is 0 Å². The summed E-state index contributed by atoms with van der Waals surface area (Å²) in [5, 5.41) is 0. The van der Waals surface area contributed by atoms with Gasteiger partial charge in [-0.2, -0.15) is 0 Å². The minimum absolute atomic E-state index is 0.535. The SMILES string of the molecule is CCc1nc(N)c(C)c(N(C)C(C)C2CC2)n1. The second-order valence-electron chi connectivity index (χ2n) is 5.02. The number of nitrogens with two attached hydrogens (primary N) is 1. The van der Waals surface area contributed by atoms with Crippen molar-refractivity contribution in [1.82, 2.24) is 9.97 Å². The van der Waals surface area contributed by atoms with Gasteiger partial charge in [-0.3, -0.25) is 0 Å². The molecule has 1 saturated carbocycles. The zero-order valence-corrected chi connectivity index (χ0v) is 11.2. The maximum atomic E-state index is 5.95. The molecule has 1 atom stereocenters. The summed E-state index contributed by atoms with van der Waals surface area (Å²) < 4.78 is 0. The lowest BCUT2D eigenvalue weighted by molar-refractivity contribution is 0.601. The van der Waals surface area contributed by atoms with Gasteiger partial charge < -0.3 is 10.6 Å². The molecule has 0 radical (unpaired) electrons. The Morgan fingerprint density at radius 2 is 2.06 bits per heavy atom. The van der Waals surface area contributed by atoms with Crippen molar-refractivity contribution < 1.29 is 0 Å². The minimum atomic E-state index is 0.535. The summed E-state index contributed by atoms with van der Waals surface area (Å²) >= 11 is 0. The van der Waals surface area contributed by atoms with Crippen LogP contribution in [0, 0.1) is 12.8 Å². The molecule has 1 aromatic rings. The van der Waals surface area contributed by atoms with Gasteiger partial charge in [-0.05, 0) is 32.6 Å². The molecule has 1 aliphatic rings. The molecule has 2 rings (SSSR count). The molecular formula is C13H22N4. The molecule has 4 heteroatoms. The van der Waals surface area contributed by atoms with Gasteiger partial charge in [-0.25, -0.2) is 9.97 Å². The largest absolute Gasteiger partial charge is 0.383 e. The number of hydrogen-bond acceptors (Lipinski definition) is 4. The van der Waals surface area contributed by atoms with E-state index in [1.807, 2.05) is 6.92 Å². The average Bonchev–Trinajstić information content (AvgIpc) is 3.14. The van der Waals surface area contributed by atoms with Crippen molar-refractivity contribution in [3.8, 4) is 0 Å².